The number of hydrogen-bond donors (Lipinski definition) is 1. The fourth-order valence-corrected chi connectivity index (χ4v) is 2.50. The Morgan fingerprint density at radius 3 is 2.90 bits per heavy atom. The standard InChI is InChI=1S/C15H14N2O3S/c1-11-9-13(17(18)19)4-5-14(11)20-10-15-12(3-2-7-16)6-8-21-15/h4-6,8-9H,7,10,16H2,1H3. The maximum Gasteiger partial charge on any atom is 0.269 e. The van der Waals surface area contributed by atoms with E-state index in [4.69, 9.17) is 10.5 Å². The Morgan fingerprint density at radius 2 is 2.24 bits per heavy atom. The van der Waals surface area contributed by atoms with Gasteiger partial charge in [-0.05, 0) is 30.0 Å². The molecule has 5 nitrogen and oxygen atoms in total. The molecule has 1 aromatic heterocycles. The first kappa shape index (κ1) is 15.0. The minimum absolute atomic E-state index is 0.0606. The van der Waals surface area contributed by atoms with Crippen molar-refractivity contribution in [3.8, 4) is 17.6 Å². The first-order chi connectivity index (χ1) is 10.1. The van der Waals surface area contributed by atoms with Crippen LogP contribution in [-0.4, -0.2) is 11.5 Å². The van der Waals surface area contributed by atoms with E-state index in [1.807, 2.05) is 11.4 Å². The molecule has 1 heterocycles. The SMILES string of the molecule is Cc1cc([N+](=O)[O-])ccc1OCc1sccc1C#CCN. The van der Waals surface area contributed by atoms with Gasteiger partial charge < -0.3 is 10.5 Å². The summed E-state index contributed by atoms with van der Waals surface area (Å²) in [5.74, 6) is 6.44. The third-order valence-corrected chi connectivity index (χ3v) is 3.69. The van der Waals surface area contributed by atoms with Crippen LogP contribution in [0.5, 0.6) is 5.75 Å². The third-order valence-electron chi connectivity index (χ3n) is 2.80. The number of nitrogens with zero attached hydrogens (tertiary/aromatic N) is 1. The second-order valence-corrected chi connectivity index (χ2v) is 5.26. The van der Waals surface area contributed by atoms with Crippen LogP contribution in [0.2, 0.25) is 0 Å². The molecule has 2 aromatic rings. The Bertz CT molecular complexity index is 713. The predicted octanol–water partition coefficient (Wildman–Crippen LogP) is 2.85. The maximum absolute atomic E-state index is 10.7. The molecule has 0 atom stereocenters. The van der Waals surface area contributed by atoms with E-state index in [1.54, 1.807) is 24.3 Å². The molecular formula is C15H14N2O3S. The molecule has 0 bridgehead atoms. The van der Waals surface area contributed by atoms with Crippen molar-refractivity contribution in [2.24, 2.45) is 5.73 Å². The lowest BCUT2D eigenvalue weighted by Gasteiger charge is -2.08. The number of nitro groups is 1. The van der Waals surface area contributed by atoms with Gasteiger partial charge in [-0.2, -0.15) is 0 Å². The summed E-state index contributed by atoms with van der Waals surface area (Å²) < 4.78 is 5.73. The summed E-state index contributed by atoms with van der Waals surface area (Å²) in [6, 6.07) is 6.48. The number of benzene rings is 1. The number of ether oxygens (including phenoxy) is 1. The molecule has 0 aliphatic rings. The number of non-ortho nitro benzene ring substituents is 1. The van der Waals surface area contributed by atoms with E-state index < -0.39 is 4.92 Å². The number of nitro benzene ring substituents is 1. The molecule has 0 unspecified atom stereocenters. The summed E-state index contributed by atoms with van der Waals surface area (Å²) >= 11 is 1.56. The second kappa shape index (κ2) is 6.88. The summed E-state index contributed by atoms with van der Waals surface area (Å²) in [6.45, 7) is 2.48. The molecular weight excluding hydrogens is 288 g/mol. The van der Waals surface area contributed by atoms with Crippen LogP contribution in [0, 0.1) is 28.9 Å². The highest BCUT2D eigenvalue weighted by molar-refractivity contribution is 7.10. The zero-order chi connectivity index (χ0) is 15.2. The van der Waals surface area contributed by atoms with E-state index in [2.05, 4.69) is 11.8 Å². The molecule has 0 saturated carbocycles. The van der Waals surface area contributed by atoms with Gasteiger partial charge in [0.25, 0.3) is 5.69 Å². The Hall–Kier alpha value is -2.36. The van der Waals surface area contributed by atoms with Gasteiger partial charge in [-0.15, -0.1) is 11.3 Å². The van der Waals surface area contributed by atoms with Crippen LogP contribution in [0.4, 0.5) is 5.69 Å². The van der Waals surface area contributed by atoms with Crippen molar-refractivity contribution >= 4 is 17.0 Å². The maximum atomic E-state index is 10.7. The average Bonchev–Trinajstić information content (AvgIpc) is 2.91. The molecule has 0 aliphatic heterocycles. The normalized spacial score (nSPS) is 9.81. The van der Waals surface area contributed by atoms with Gasteiger partial charge in [0.1, 0.15) is 12.4 Å². The molecule has 0 fully saturated rings. The Kier molecular flexibility index (Phi) is 4.93. The lowest BCUT2D eigenvalue weighted by atomic mass is 10.2. The van der Waals surface area contributed by atoms with Crippen molar-refractivity contribution in [3.63, 3.8) is 0 Å². The van der Waals surface area contributed by atoms with Gasteiger partial charge in [0.2, 0.25) is 0 Å². The summed E-state index contributed by atoms with van der Waals surface area (Å²) in [6.07, 6.45) is 0. The van der Waals surface area contributed by atoms with Crippen LogP contribution in [0.25, 0.3) is 0 Å². The van der Waals surface area contributed by atoms with Crippen LogP contribution < -0.4 is 10.5 Å². The molecule has 2 N–H and O–H groups in total. The first-order valence-corrected chi connectivity index (χ1v) is 7.13. The quantitative estimate of drug-likeness (QED) is 0.535. The van der Waals surface area contributed by atoms with Gasteiger partial charge in [0.15, 0.2) is 0 Å². The van der Waals surface area contributed by atoms with E-state index >= 15 is 0 Å². The van der Waals surface area contributed by atoms with Crippen molar-refractivity contribution in [1.82, 2.24) is 0 Å². The predicted molar refractivity (Wildman–Crippen MR) is 82.4 cm³/mol. The number of nitrogens with two attached hydrogens (primary N) is 1. The molecule has 0 radical (unpaired) electrons. The van der Waals surface area contributed by atoms with Gasteiger partial charge in [0, 0.05) is 17.7 Å². The molecule has 21 heavy (non-hydrogen) atoms. The van der Waals surface area contributed by atoms with Crippen molar-refractivity contribution in [3.05, 3.63) is 55.8 Å². The Labute approximate surface area is 126 Å². The van der Waals surface area contributed by atoms with Crippen molar-refractivity contribution in [2.45, 2.75) is 13.5 Å². The molecule has 2 rings (SSSR count). The van der Waals surface area contributed by atoms with Crippen molar-refractivity contribution < 1.29 is 9.66 Å². The Balaban J connectivity index is 2.10. The lowest BCUT2D eigenvalue weighted by Crippen LogP contribution is -1.98. The van der Waals surface area contributed by atoms with Crippen LogP contribution >= 0.6 is 11.3 Å². The molecule has 0 aliphatic carbocycles. The molecule has 0 spiro atoms. The third kappa shape index (κ3) is 3.81. The van der Waals surface area contributed by atoms with Gasteiger partial charge in [0.05, 0.1) is 16.3 Å². The monoisotopic (exact) mass is 302 g/mol. The fourth-order valence-electron chi connectivity index (χ4n) is 1.76. The van der Waals surface area contributed by atoms with E-state index in [1.165, 1.54) is 12.1 Å². The van der Waals surface area contributed by atoms with Crippen LogP contribution in [0.3, 0.4) is 0 Å². The molecule has 108 valence electrons. The summed E-state index contributed by atoms with van der Waals surface area (Å²) in [5.41, 5.74) is 7.06. The summed E-state index contributed by atoms with van der Waals surface area (Å²) in [7, 11) is 0. The van der Waals surface area contributed by atoms with Gasteiger partial charge in [-0.25, -0.2) is 0 Å². The minimum Gasteiger partial charge on any atom is -0.488 e. The van der Waals surface area contributed by atoms with Gasteiger partial charge in [-0.1, -0.05) is 11.8 Å². The zero-order valence-electron chi connectivity index (χ0n) is 11.5. The molecule has 0 saturated heterocycles. The van der Waals surface area contributed by atoms with Gasteiger partial charge in [-0.3, -0.25) is 10.1 Å². The van der Waals surface area contributed by atoms with Crippen LogP contribution in [0.1, 0.15) is 16.0 Å². The average molecular weight is 302 g/mol. The highest BCUT2D eigenvalue weighted by Gasteiger charge is 2.10. The van der Waals surface area contributed by atoms with Gasteiger partial charge >= 0.3 is 0 Å². The van der Waals surface area contributed by atoms with Crippen molar-refractivity contribution in [1.29, 1.82) is 0 Å². The number of rotatable bonds is 4. The van der Waals surface area contributed by atoms with E-state index in [9.17, 15) is 10.1 Å². The highest BCUT2D eigenvalue weighted by Crippen LogP contribution is 2.25. The number of aryl methyl sites for hydroxylation is 1. The molecule has 1 aromatic carbocycles. The largest absolute Gasteiger partial charge is 0.488 e. The zero-order valence-corrected chi connectivity index (χ0v) is 12.3. The topological polar surface area (TPSA) is 78.4 Å². The van der Waals surface area contributed by atoms with E-state index in [0.717, 1.165) is 16.0 Å². The minimum atomic E-state index is -0.420. The first-order valence-electron chi connectivity index (χ1n) is 6.25. The Morgan fingerprint density at radius 1 is 1.43 bits per heavy atom. The van der Waals surface area contributed by atoms with E-state index in [-0.39, 0.29) is 5.69 Å². The number of thiophene rings is 1. The smallest absolute Gasteiger partial charge is 0.269 e. The summed E-state index contributed by atoms with van der Waals surface area (Å²) in [5, 5.41) is 12.6. The molecule has 0 amide bonds. The number of hydrogen-bond acceptors (Lipinski definition) is 5. The highest BCUT2D eigenvalue weighted by atomic mass is 32.1. The fraction of sp³-hybridized carbons (Fsp3) is 0.200. The lowest BCUT2D eigenvalue weighted by molar-refractivity contribution is -0.384. The van der Waals surface area contributed by atoms with Crippen molar-refractivity contribution in [2.75, 3.05) is 6.54 Å². The molecule has 6 heteroatoms. The van der Waals surface area contributed by atoms with Crippen LogP contribution in [-0.2, 0) is 6.61 Å². The van der Waals surface area contributed by atoms with Crippen LogP contribution in [0.15, 0.2) is 29.6 Å². The second-order valence-electron chi connectivity index (χ2n) is 4.26. The summed E-state index contributed by atoms with van der Waals surface area (Å²) in [4.78, 5) is 11.3. The van der Waals surface area contributed by atoms with E-state index in [0.29, 0.717) is 18.9 Å².